The van der Waals surface area contributed by atoms with Gasteiger partial charge < -0.3 is 15.7 Å². The number of carbonyl (C=O) groups excluding carboxylic acids is 2. The third-order valence-electron chi connectivity index (χ3n) is 3.20. The number of hydrogen-bond acceptors (Lipinski definition) is 3. The smallest absolute Gasteiger partial charge is 0.248 e. The zero-order valence-corrected chi connectivity index (χ0v) is 12.8. The molecule has 24 heavy (non-hydrogen) atoms. The second-order valence-electron chi connectivity index (χ2n) is 4.98. The average Bonchev–Trinajstić information content (AvgIpc) is 2.60. The predicted octanol–water partition coefficient (Wildman–Crippen LogP) is 2.17. The van der Waals surface area contributed by atoms with Gasteiger partial charge in [-0.1, -0.05) is 30.3 Å². The van der Waals surface area contributed by atoms with Crippen LogP contribution in [0.2, 0.25) is 0 Å². The molecule has 5 nitrogen and oxygen atoms in total. The summed E-state index contributed by atoms with van der Waals surface area (Å²) in [4.78, 5) is 23.6. The molecule has 0 saturated heterocycles. The number of nitrogens with one attached hydrogen (secondary N) is 2. The van der Waals surface area contributed by atoms with Crippen molar-refractivity contribution < 1.29 is 19.1 Å². The van der Waals surface area contributed by atoms with Crippen molar-refractivity contribution in [1.29, 1.82) is 0 Å². The second kappa shape index (κ2) is 8.59. The molecule has 0 fully saturated rings. The first-order valence-corrected chi connectivity index (χ1v) is 7.29. The molecule has 124 valence electrons. The summed E-state index contributed by atoms with van der Waals surface area (Å²) < 4.78 is 12.8. The van der Waals surface area contributed by atoms with Gasteiger partial charge in [0.15, 0.2) is 0 Å². The highest BCUT2D eigenvalue weighted by atomic mass is 19.1. The Morgan fingerprint density at radius 2 is 1.62 bits per heavy atom. The van der Waals surface area contributed by atoms with E-state index in [0.717, 1.165) is 17.7 Å². The van der Waals surface area contributed by atoms with Crippen LogP contribution in [-0.2, 0) is 9.59 Å². The minimum atomic E-state index is -0.552. The molecule has 1 atom stereocenters. The lowest BCUT2D eigenvalue weighted by Gasteiger charge is -2.15. The van der Waals surface area contributed by atoms with E-state index in [0.29, 0.717) is 5.69 Å². The van der Waals surface area contributed by atoms with Crippen molar-refractivity contribution in [3.63, 3.8) is 0 Å². The van der Waals surface area contributed by atoms with Gasteiger partial charge in [-0.15, -0.1) is 0 Å². The Kier molecular flexibility index (Phi) is 6.22. The molecular formula is C18H17FN2O3. The summed E-state index contributed by atoms with van der Waals surface area (Å²) in [5, 5.41) is 14.5. The van der Waals surface area contributed by atoms with E-state index in [1.54, 1.807) is 24.3 Å². The molecule has 0 aromatic heterocycles. The predicted molar refractivity (Wildman–Crippen MR) is 88.6 cm³/mol. The second-order valence-corrected chi connectivity index (χ2v) is 4.98. The SMILES string of the molecule is O=C(/C=C/C(=O)NC(CO)c1ccccc1)Nc1ccc(F)cc1. The van der Waals surface area contributed by atoms with E-state index in [1.807, 2.05) is 6.07 Å². The van der Waals surface area contributed by atoms with Crippen molar-refractivity contribution in [3.05, 3.63) is 78.1 Å². The van der Waals surface area contributed by atoms with E-state index in [2.05, 4.69) is 10.6 Å². The Hall–Kier alpha value is -2.99. The van der Waals surface area contributed by atoms with Crippen LogP contribution in [0.3, 0.4) is 0 Å². The first-order valence-electron chi connectivity index (χ1n) is 7.29. The minimum Gasteiger partial charge on any atom is -0.394 e. The summed E-state index contributed by atoms with van der Waals surface area (Å²) in [6.07, 6.45) is 2.14. The van der Waals surface area contributed by atoms with Gasteiger partial charge in [-0.3, -0.25) is 9.59 Å². The topological polar surface area (TPSA) is 78.4 Å². The Labute approximate surface area is 138 Å². The molecule has 0 saturated carbocycles. The molecule has 0 aliphatic rings. The van der Waals surface area contributed by atoms with Crippen molar-refractivity contribution >= 4 is 17.5 Å². The molecule has 6 heteroatoms. The molecule has 2 aromatic carbocycles. The van der Waals surface area contributed by atoms with Crippen molar-refractivity contribution in [2.24, 2.45) is 0 Å². The van der Waals surface area contributed by atoms with Crippen LogP contribution in [0.25, 0.3) is 0 Å². The number of aliphatic hydroxyl groups is 1. The van der Waals surface area contributed by atoms with Gasteiger partial charge in [-0.2, -0.15) is 0 Å². The highest BCUT2D eigenvalue weighted by Crippen LogP contribution is 2.11. The minimum absolute atomic E-state index is 0.259. The van der Waals surface area contributed by atoms with Gasteiger partial charge in [0, 0.05) is 17.8 Å². The monoisotopic (exact) mass is 328 g/mol. The summed E-state index contributed by atoms with van der Waals surface area (Å²) in [6, 6.07) is 13.7. The van der Waals surface area contributed by atoms with Gasteiger partial charge >= 0.3 is 0 Å². The Balaban J connectivity index is 1.89. The summed E-state index contributed by atoms with van der Waals surface area (Å²) in [5.41, 5.74) is 1.18. The molecule has 2 aromatic rings. The zero-order chi connectivity index (χ0) is 17.4. The van der Waals surface area contributed by atoms with Crippen LogP contribution in [0.5, 0.6) is 0 Å². The molecule has 2 amide bonds. The van der Waals surface area contributed by atoms with Crippen LogP contribution in [-0.4, -0.2) is 23.5 Å². The first kappa shape index (κ1) is 17.4. The maximum absolute atomic E-state index is 12.8. The van der Waals surface area contributed by atoms with Crippen molar-refractivity contribution in [1.82, 2.24) is 5.32 Å². The molecular weight excluding hydrogens is 311 g/mol. The number of carbonyl (C=O) groups is 2. The van der Waals surface area contributed by atoms with Gasteiger partial charge in [-0.25, -0.2) is 4.39 Å². The van der Waals surface area contributed by atoms with Gasteiger partial charge in [0.1, 0.15) is 5.82 Å². The van der Waals surface area contributed by atoms with E-state index in [1.165, 1.54) is 24.3 Å². The molecule has 0 aliphatic heterocycles. The van der Waals surface area contributed by atoms with Crippen molar-refractivity contribution in [2.75, 3.05) is 11.9 Å². The largest absolute Gasteiger partial charge is 0.394 e. The third-order valence-corrected chi connectivity index (χ3v) is 3.20. The van der Waals surface area contributed by atoms with E-state index >= 15 is 0 Å². The van der Waals surface area contributed by atoms with Crippen LogP contribution in [0.15, 0.2) is 66.7 Å². The number of benzene rings is 2. The number of halogens is 1. The van der Waals surface area contributed by atoms with Crippen LogP contribution in [0, 0.1) is 5.82 Å². The average molecular weight is 328 g/mol. The molecule has 0 heterocycles. The summed E-state index contributed by atoms with van der Waals surface area (Å²) in [5.74, 6) is -1.43. The van der Waals surface area contributed by atoms with Crippen molar-refractivity contribution in [3.8, 4) is 0 Å². The normalized spacial score (nSPS) is 11.9. The number of amides is 2. The van der Waals surface area contributed by atoms with Crippen molar-refractivity contribution in [2.45, 2.75) is 6.04 Å². The molecule has 0 radical (unpaired) electrons. The maximum atomic E-state index is 12.8. The van der Waals surface area contributed by atoms with Gasteiger partial charge in [-0.05, 0) is 29.8 Å². The lowest BCUT2D eigenvalue weighted by atomic mass is 10.1. The maximum Gasteiger partial charge on any atom is 0.248 e. The Morgan fingerprint density at radius 1 is 1.00 bits per heavy atom. The fraction of sp³-hybridized carbons (Fsp3) is 0.111. The Morgan fingerprint density at radius 3 is 2.25 bits per heavy atom. The summed E-state index contributed by atoms with van der Waals surface area (Å²) in [7, 11) is 0. The van der Waals surface area contributed by atoms with E-state index < -0.39 is 23.7 Å². The van der Waals surface area contributed by atoms with Crippen LogP contribution >= 0.6 is 0 Å². The first-order chi connectivity index (χ1) is 11.6. The summed E-state index contributed by atoms with van der Waals surface area (Å²) in [6.45, 7) is -0.259. The van der Waals surface area contributed by atoms with Crippen LogP contribution in [0.4, 0.5) is 10.1 Å². The lowest BCUT2D eigenvalue weighted by molar-refractivity contribution is -0.118. The van der Waals surface area contributed by atoms with Gasteiger partial charge in [0.2, 0.25) is 11.8 Å². The number of aliphatic hydroxyl groups excluding tert-OH is 1. The Bertz CT molecular complexity index is 715. The van der Waals surface area contributed by atoms with E-state index in [9.17, 15) is 19.1 Å². The lowest BCUT2D eigenvalue weighted by Crippen LogP contribution is -2.29. The third kappa shape index (κ3) is 5.33. The van der Waals surface area contributed by atoms with Gasteiger partial charge in [0.25, 0.3) is 0 Å². The molecule has 1 unspecified atom stereocenters. The highest BCUT2D eigenvalue weighted by molar-refractivity contribution is 6.03. The number of rotatable bonds is 6. The number of hydrogen-bond donors (Lipinski definition) is 3. The zero-order valence-electron chi connectivity index (χ0n) is 12.8. The standard InChI is InChI=1S/C18H17FN2O3/c19-14-6-8-15(9-7-14)20-17(23)10-11-18(24)21-16(12-22)13-4-2-1-3-5-13/h1-11,16,22H,12H2,(H,20,23)(H,21,24)/b11-10+. The van der Waals surface area contributed by atoms with E-state index in [-0.39, 0.29) is 6.61 Å². The summed E-state index contributed by atoms with van der Waals surface area (Å²) >= 11 is 0. The van der Waals surface area contributed by atoms with Crippen LogP contribution < -0.4 is 10.6 Å². The fourth-order valence-electron chi connectivity index (χ4n) is 2.01. The number of anilines is 1. The molecule has 0 spiro atoms. The molecule has 3 N–H and O–H groups in total. The van der Waals surface area contributed by atoms with Crippen LogP contribution in [0.1, 0.15) is 11.6 Å². The quantitative estimate of drug-likeness (QED) is 0.711. The van der Waals surface area contributed by atoms with Gasteiger partial charge in [0.05, 0.1) is 12.6 Å². The van der Waals surface area contributed by atoms with E-state index in [4.69, 9.17) is 0 Å². The highest BCUT2D eigenvalue weighted by Gasteiger charge is 2.11. The molecule has 0 aliphatic carbocycles. The molecule has 0 bridgehead atoms. The molecule has 2 rings (SSSR count). The fourth-order valence-corrected chi connectivity index (χ4v) is 2.01.